The van der Waals surface area contributed by atoms with Gasteiger partial charge in [0, 0.05) is 24.7 Å². The Morgan fingerprint density at radius 3 is 2.68 bits per heavy atom. The maximum absolute atomic E-state index is 5.57. The van der Waals surface area contributed by atoms with Gasteiger partial charge >= 0.3 is 0 Å². The van der Waals surface area contributed by atoms with Crippen molar-refractivity contribution in [1.29, 1.82) is 0 Å². The van der Waals surface area contributed by atoms with Crippen LogP contribution in [0.4, 0.5) is 0 Å². The standard InChI is InChI=1S/C15H28N2O2/c1-12(2)16-10-14-6-8-19-15(14)11-17(5)7-9-18-13(3)4/h6,8,12-13,16H,7,9-11H2,1-5H3. The van der Waals surface area contributed by atoms with Crippen molar-refractivity contribution >= 4 is 0 Å². The SMILES string of the molecule is CC(C)NCc1ccoc1CN(C)CCOC(C)C. The number of hydrogen-bond acceptors (Lipinski definition) is 4. The van der Waals surface area contributed by atoms with Crippen molar-refractivity contribution in [2.24, 2.45) is 0 Å². The number of furan rings is 1. The minimum atomic E-state index is 0.294. The van der Waals surface area contributed by atoms with Crippen LogP contribution < -0.4 is 5.32 Å². The Bertz CT molecular complexity index is 348. The summed E-state index contributed by atoms with van der Waals surface area (Å²) in [5.41, 5.74) is 1.24. The third-order valence-electron chi connectivity index (χ3n) is 2.88. The van der Waals surface area contributed by atoms with Crippen LogP contribution in [0.2, 0.25) is 0 Å². The summed E-state index contributed by atoms with van der Waals surface area (Å²) < 4.78 is 11.1. The molecule has 0 aliphatic rings. The van der Waals surface area contributed by atoms with Crippen LogP contribution in [0, 0.1) is 0 Å². The number of likely N-dealkylation sites (N-methyl/N-ethyl adjacent to an activating group) is 1. The minimum absolute atomic E-state index is 0.294. The second-order valence-corrected chi connectivity index (χ2v) is 5.56. The number of rotatable bonds is 9. The van der Waals surface area contributed by atoms with Crippen LogP contribution in [0.1, 0.15) is 39.0 Å². The molecular formula is C15H28N2O2. The molecule has 0 unspecified atom stereocenters. The van der Waals surface area contributed by atoms with Crippen LogP contribution in [0.15, 0.2) is 16.7 Å². The molecule has 0 radical (unpaired) electrons. The molecule has 0 saturated heterocycles. The Morgan fingerprint density at radius 2 is 2.05 bits per heavy atom. The lowest BCUT2D eigenvalue weighted by molar-refractivity contribution is 0.0616. The van der Waals surface area contributed by atoms with Gasteiger partial charge in [0.2, 0.25) is 0 Å². The van der Waals surface area contributed by atoms with Crippen molar-refractivity contribution in [3.8, 4) is 0 Å². The van der Waals surface area contributed by atoms with E-state index in [-0.39, 0.29) is 0 Å². The van der Waals surface area contributed by atoms with Gasteiger partial charge in [-0.15, -0.1) is 0 Å². The van der Waals surface area contributed by atoms with Gasteiger partial charge in [-0.2, -0.15) is 0 Å². The van der Waals surface area contributed by atoms with Gasteiger partial charge in [0.25, 0.3) is 0 Å². The number of ether oxygens (including phenoxy) is 1. The van der Waals surface area contributed by atoms with E-state index in [1.54, 1.807) is 6.26 Å². The zero-order valence-electron chi connectivity index (χ0n) is 12.9. The predicted molar refractivity (Wildman–Crippen MR) is 78.1 cm³/mol. The molecule has 1 N–H and O–H groups in total. The van der Waals surface area contributed by atoms with Crippen LogP contribution in [0.5, 0.6) is 0 Å². The van der Waals surface area contributed by atoms with Crippen molar-refractivity contribution < 1.29 is 9.15 Å². The van der Waals surface area contributed by atoms with E-state index in [0.29, 0.717) is 12.1 Å². The zero-order valence-corrected chi connectivity index (χ0v) is 12.9. The highest BCUT2D eigenvalue weighted by molar-refractivity contribution is 5.16. The van der Waals surface area contributed by atoms with Crippen molar-refractivity contribution in [1.82, 2.24) is 10.2 Å². The van der Waals surface area contributed by atoms with Gasteiger partial charge in [0.15, 0.2) is 0 Å². The molecule has 4 nitrogen and oxygen atoms in total. The average molecular weight is 268 g/mol. The molecule has 4 heteroatoms. The second kappa shape index (κ2) is 8.35. The Balaban J connectivity index is 2.37. The zero-order chi connectivity index (χ0) is 14.3. The lowest BCUT2D eigenvalue weighted by Crippen LogP contribution is -2.25. The predicted octanol–water partition coefficient (Wildman–Crippen LogP) is 2.63. The van der Waals surface area contributed by atoms with Gasteiger partial charge in [-0.25, -0.2) is 0 Å². The Kier molecular flexibility index (Phi) is 7.13. The molecule has 1 rings (SSSR count). The van der Waals surface area contributed by atoms with Crippen molar-refractivity contribution in [3.05, 3.63) is 23.7 Å². The topological polar surface area (TPSA) is 37.6 Å². The van der Waals surface area contributed by atoms with Crippen molar-refractivity contribution in [3.63, 3.8) is 0 Å². The van der Waals surface area contributed by atoms with Crippen molar-refractivity contribution in [2.75, 3.05) is 20.2 Å². The van der Waals surface area contributed by atoms with E-state index >= 15 is 0 Å². The fraction of sp³-hybridized carbons (Fsp3) is 0.733. The molecule has 0 spiro atoms. The molecule has 1 aromatic rings. The fourth-order valence-electron chi connectivity index (χ4n) is 1.75. The van der Waals surface area contributed by atoms with Gasteiger partial charge in [-0.3, -0.25) is 4.90 Å². The summed E-state index contributed by atoms with van der Waals surface area (Å²) in [6, 6.07) is 2.53. The molecule has 0 atom stereocenters. The summed E-state index contributed by atoms with van der Waals surface area (Å²) >= 11 is 0. The van der Waals surface area contributed by atoms with Crippen molar-refractivity contribution in [2.45, 2.75) is 52.9 Å². The van der Waals surface area contributed by atoms with E-state index in [2.05, 4.69) is 45.0 Å². The Labute approximate surface area is 117 Å². The number of nitrogens with zero attached hydrogens (tertiary/aromatic N) is 1. The Morgan fingerprint density at radius 1 is 1.32 bits per heavy atom. The largest absolute Gasteiger partial charge is 0.468 e. The quantitative estimate of drug-likeness (QED) is 0.747. The highest BCUT2D eigenvalue weighted by atomic mass is 16.5. The first kappa shape index (κ1) is 16.2. The normalized spacial score (nSPS) is 12.0. The van der Waals surface area contributed by atoms with Gasteiger partial charge in [-0.1, -0.05) is 13.8 Å². The monoisotopic (exact) mass is 268 g/mol. The van der Waals surface area contributed by atoms with Crippen LogP contribution >= 0.6 is 0 Å². The third kappa shape index (κ3) is 6.76. The Hall–Kier alpha value is -0.840. The van der Waals surface area contributed by atoms with E-state index in [1.165, 1.54) is 5.56 Å². The average Bonchev–Trinajstić information content (AvgIpc) is 2.73. The van der Waals surface area contributed by atoms with E-state index in [9.17, 15) is 0 Å². The van der Waals surface area contributed by atoms with Gasteiger partial charge in [0.05, 0.1) is 25.5 Å². The first-order valence-corrected chi connectivity index (χ1v) is 7.07. The molecular weight excluding hydrogens is 240 g/mol. The molecule has 19 heavy (non-hydrogen) atoms. The number of nitrogens with one attached hydrogen (secondary N) is 1. The van der Waals surface area contributed by atoms with E-state index in [0.717, 1.165) is 32.0 Å². The highest BCUT2D eigenvalue weighted by Crippen LogP contribution is 2.12. The molecule has 1 aromatic heterocycles. The molecule has 0 amide bonds. The van der Waals surface area contributed by atoms with Gasteiger partial charge in [-0.05, 0) is 27.0 Å². The van der Waals surface area contributed by atoms with E-state index in [1.807, 2.05) is 6.07 Å². The summed E-state index contributed by atoms with van der Waals surface area (Å²) in [6.45, 7) is 11.8. The van der Waals surface area contributed by atoms with Gasteiger partial charge < -0.3 is 14.5 Å². The molecule has 0 fully saturated rings. The molecule has 110 valence electrons. The second-order valence-electron chi connectivity index (χ2n) is 5.56. The smallest absolute Gasteiger partial charge is 0.122 e. The molecule has 0 aromatic carbocycles. The maximum Gasteiger partial charge on any atom is 0.122 e. The van der Waals surface area contributed by atoms with Crippen LogP contribution in [0.3, 0.4) is 0 Å². The fourth-order valence-corrected chi connectivity index (χ4v) is 1.75. The number of hydrogen-bond donors (Lipinski definition) is 1. The van der Waals surface area contributed by atoms with Gasteiger partial charge in [0.1, 0.15) is 5.76 Å². The van der Waals surface area contributed by atoms with E-state index in [4.69, 9.17) is 9.15 Å². The third-order valence-corrected chi connectivity index (χ3v) is 2.88. The first-order valence-electron chi connectivity index (χ1n) is 7.07. The summed E-state index contributed by atoms with van der Waals surface area (Å²) in [5, 5.41) is 3.42. The molecule has 0 aliphatic carbocycles. The first-order chi connectivity index (χ1) is 8.99. The van der Waals surface area contributed by atoms with Crippen LogP contribution in [-0.4, -0.2) is 37.2 Å². The summed E-state index contributed by atoms with van der Waals surface area (Å²) in [6.07, 6.45) is 2.06. The lowest BCUT2D eigenvalue weighted by atomic mass is 10.2. The molecule has 0 bridgehead atoms. The van der Waals surface area contributed by atoms with E-state index < -0.39 is 0 Å². The van der Waals surface area contributed by atoms with Crippen LogP contribution in [0.25, 0.3) is 0 Å². The summed E-state index contributed by atoms with van der Waals surface area (Å²) in [7, 11) is 2.09. The summed E-state index contributed by atoms with van der Waals surface area (Å²) in [4.78, 5) is 2.22. The van der Waals surface area contributed by atoms with Crippen LogP contribution in [-0.2, 0) is 17.8 Å². The molecule has 0 aliphatic heterocycles. The molecule has 1 heterocycles. The maximum atomic E-state index is 5.57. The summed E-state index contributed by atoms with van der Waals surface area (Å²) in [5.74, 6) is 1.04. The lowest BCUT2D eigenvalue weighted by Gasteiger charge is -2.17. The highest BCUT2D eigenvalue weighted by Gasteiger charge is 2.09. The minimum Gasteiger partial charge on any atom is -0.468 e. The molecule has 0 saturated carbocycles.